The second-order valence-corrected chi connectivity index (χ2v) is 4.06. The molecule has 0 aromatic carbocycles. The van der Waals surface area contributed by atoms with Gasteiger partial charge < -0.3 is 15.7 Å². The van der Waals surface area contributed by atoms with Gasteiger partial charge in [-0.05, 0) is 19.1 Å². The maximum absolute atomic E-state index is 11.7. The van der Waals surface area contributed by atoms with Crippen LogP contribution in [0.5, 0.6) is 0 Å². The van der Waals surface area contributed by atoms with Crippen molar-refractivity contribution in [2.75, 3.05) is 11.9 Å². The largest absolute Gasteiger partial charge is 0.394 e. The molecule has 0 aliphatic rings. The molecule has 2 rings (SSSR count). The molecule has 0 bridgehead atoms. The number of urea groups is 1. The molecule has 19 heavy (non-hydrogen) atoms. The third-order valence-electron chi connectivity index (χ3n) is 2.46. The summed E-state index contributed by atoms with van der Waals surface area (Å²) in [6.45, 7) is 1.58. The Labute approximate surface area is 110 Å². The topological polar surface area (TPSA) is 103 Å². The smallest absolute Gasteiger partial charge is 0.319 e. The number of anilines is 1. The van der Waals surface area contributed by atoms with E-state index < -0.39 is 6.03 Å². The number of pyridine rings is 1. The molecule has 2 aromatic heterocycles. The molecule has 0 fully saturated rings. The molecular formula is C12H15N5O2. The number of nitrogens with zero attached hydrogens (tertiary/aromatic N) is 2. The molecule has 2 amide bonds. The van der Waals surface area contributed by atoms with E-state index in [-0.39, 0.29) is 12.6 Å². The minimum atomic E-state index is -0.403. The van der Waals surface area contributed by atoms with Crippen molar-refractivity contribution in [3.8, 4) is 11.4 Å². The molecule has 0 spiro atoms. The van der Waals surface area contributed by atoms with E-state index in [0.29, 0.717) is 17.1 Å². The molecular weight excluding hydrogens is 246 g/mol. The van der Waals surface area contributed by atoms with Crippen LogP contribution in [0, 0.1) is 0 Å². The predicted octanol–water partition coefficient (Wildman–Crippen LogP) is 0.974. The molecule has 2 aromatic rings. The summed E-state index contributed by atoms with van der Waals surface area (Å²) in [5, 5.41) is 20.8. The number of aromatic amines is 1. The first-order chi connectivity index (χ1) is 9.20. The Morgan fingerprint density at radius 3 is 3.05 bits per heavy atom. The number of nitrogens with one attached hydrogen (secondary N) is 3. The zero-order chi connectivity index (χ0) is 13.7. The van der Waals surface area contributed by atoms with Gasteiger partial charge in [0.15, 0.2) is 0 Å². The van der Waals surface area contributed by atoms with Crippen molar-refractivity contribution < 1.29 is 9.90 Å². The maximum atomic E-state index is 11.7. The normalized spacial score (nSPS) is 11.9. The number of carbonyl (C=O) groups is 1. The number of hydrogen-bond acceptors (Lipinski definition) is 4. The lowest BCUT2D eigenvalue weighted by Gasteiger charge is -2.11. The van der Waals surface area contributed by atoms with E-state index in [9.17, 15) is 4.79 Å². The number of rotatable bonds is 4. The van der Waals surface area contributed by atoms with Crippen LogP contribution >= 0.6 is 0 Å². The number of aliphatic hydroxyl groups is 1. The lowest BCUT2D eigenvalue weighted by atomic mass is 10.2. The van der Waals surface area contributed by atoms with Crippen molar-refractivity contribution >= 4 is 11.7 Å². The van der Waals surface area contributed by atoms with Crippen LogP contribution in [0.15, 0.2) is 30.6 Å². The molecule has 100 valence electrons. The summed E-state index contributed by atoms with van der Waals surface area (Å²) >= 11 is 0. The fourth-order valence-corrected chi connectivity index (χ4v) is 1.51. The van der Waals surface area contributed by atoms with Crippen LogP contribution in [0.1, 0.15) is 6.92 Å². The first-order valence-corrected chi connectivity index (χ1v) is 5.84. The summed E-state index contributed by atoms with van der Waals surface area (Å²) in [5.74, 6) is 0. The molecule has 7 nitrogen and oxygen atoms in total. The molecule has 0 aliphatic carbocycles. The standard InChI is InChI=1S/C12H15N5O2/c1-8(7-18)15-12(19)16-10-6-14-17-11(10)9-4-2-3-5-13-9/h2-6,8,18H,7H2,1H3,(H,14,17)(H2,15,16,19)/t8-/m0/s1. The first-order valence-electron chi connectivity index (χ1n) is 5.84. The quantitative estimate of drug-likeness (QED) is 0.658. The number of aromatic nitrogens is 3. The number of hydrogen-bond donors (Lipinski definition) is 4. The van der Waals surface area contributed by atoms with E-state index in [0.717, 1.165) is 0 Å². The molecule has 0 aliphatic heterocycles. The number of H-pyrrole nitrogens is 1. The van der Waals surface area contributed by atoms with E-state index in [1.807, 2.05) is 18.2 Å². The Hall–Kier alpha value is -2.41. The van der Waals surface area contributed by atoms with Crippen molar-refractivity contribution in [2.45, 2.75) is 13.0 Å². The zero-order valence-corrected chi connectivity index (χ0v) is 10.4. The van der Waals surface area contributed by atoms with Crippen LogP contribution in [0.25, 0.3) is 11.4 Å². The van der Waals surface area contributed by atoms with Gasteiger partial charge in [0, 0.05) is 6.20 Å². The van der Waals surface area contributed by atoms with Gasteiger partial charge in [-0.25, -0.2) is 4.79 Å². The molecule has 0 radical (unpaired) electrons. The van der Waals surface area contributed by atoms with Crippen LogP contribution in [-0.2, 0) is 0 Å². The first kappa shape index (κ1) is 13.0. The van der Waals surface area contributed by atoms with Crippen LogP contribution in [-0.4, -0.2) is 39.0 Å². The van der Waals surface area contributed by atoms with Gasteiger partial charge >= 0.3 is 6.03 Å². The minimum Gasteiger partial charge on any atom is -0.394 e. The molecule has 0 saturated carbocycles. The van der Waals surface area contributed by atoms with E-state index >= 15 is 0 Å². The van der Waals surface area contributed by atoms with Crippen LogP contribution in [0.4, 0.5) is 10.5 Å². The molecule has 1 atom stereocenters. The summed E-state index contributed by atoms with van der Waals surface area (Å²) in [7, 11) is 0. The van der Waals surface area contributed by atoms with E-state index in [1.165, 1.54) is 6.20 Å². The van der Waals surface area contributed by atoms with Gasteiger partial charge in [-0.3, -0.25) is 10.1 Å². The SMILES string of the molecule is C[C@@H](CO)NC(=O)Nc1cn[nH]c1-c1ccccn1. The van der Waals surface area contributed by atoms with E-state index in [1.54, 1.807) is 13.1 Å². The summed E-state index contributed by atoms with van der Waals surface area (Å²) in [6.07, 6.45) is 3.17. The number of aliphatic hydroxyl groups excluding tert-OH is 1. The van der Waals surface area contributed by atoms with Gasteiger partial charge in [0.1, 0.15) is 5.69 Å². The van der Waals surface area contributed by atoms with Gasteiger partial charge in [0.25, 0.3) is 0 Å². The highest BCUT2D eigenvalue weighted by molar-refractivity contribution is 5.93. The van der Waals surface area contributed by atoms with Crippen molar-refractivity contribution in [1.82, 2.24) is 20.5 Å². The summed E-state index contributed by atoms with van der Waals surface area (Å²) in [6, 6.07) is 4.75. The predicted molar refractivity (Wildman–Crippen MR) is 70.5 cm³/mol. The summed E-state index contributed by atoms with van der Waals surface area (Å²) in [4.78, 5) is 15.9. The van der Waals surface area contributed by atoms with Crippen LogP contribution in [0.2, 0.25) is 0 Å². The monoisotopic (exact) mass is 261 g/mol. The second-order valence-electron chi connectivity index (χ2n) is 4.06. The lowest BCUT2D eigenvalue weighted by molar-refractivity contribution is 0.229. The van der Waals surface area contributed by atoms with Crippen molar-refractivity contribution in [3.05, 3.63) is 30.6 Å². The number of amides is 2. The Kier molecular flexibility index (Phi) is 4.09. The molecule has 2 heterocycles. The highest BCUT2D eigenvalue weighted by Crippen LogP contribution is 2.22. The van der Waals surface area contributed by atoms with E-state index in [4.69, 9.17) is 5.11 Å². The van der Waals surface area contributed by atoms with E-state index in [2.05, 4.69) is 25.8 Å². The summed E-state index contributed by atoms with van der Waals surface area (Å²) in [5.41, 5.74) is 1.85. The van der Waals surface area contributed by atoms with Crippen LogP contribution in [0.3, 0.4) is 0 Å². The third kappa shape index (κ3) is 3.29. The second kappa shape index (κ2) is 5.96. The van der Waals surface area contributed by atoms with Gasteiger partial charge in [-0.1, -0.05) is 6.07 Å². The molecule has 0 saturated heterocycles. The fourth-order valence-electron chi connectivity index (χ4n) is 1.51. The van der Waals surface area contributed by atoms with Gasteiger partial charge in [-0.15, -0.1) is 0 Å². The zero-order valence-electron chi connectivity index (χ0n) is 10.4. The minimum absolute atomic E-state index is 0.119. The van der Waals surface area contributed by atoms with Crippen molar-refractivity contribution in [1.29, 1.82) is 0 Å². The highest BCUT2D eigenvalue weighted by Gasteiger charge is 2.12. The van der Waals surface area contributed by atoms with Gasteiger partial charge in [0.2, 0.25) is 0 Å². The van der Waals surface area contributed by atoms with Gasteiger partial charge in [0.05, 0.1) is 30.2 Å². The van der Waals surface area contributed by atoms with Crippen LogP contribution < -0.4 is 10.6 Å². The average Bonchev–Trinajstić information content (AvgIpc) is 2.87. The lowest BCUT2D eigenvalue weighted by Crippen LogP contribution is -2.38. The third-order valence-corrected chi connectivity index (χ3v) is 2.46. The molecule has 7 heteroatoms. The fraction of sp³-hybridized carbons (Fsp3) is 0.250. The Morgan fingerprint density at radius 1 is 1.53 bits per heavy atom. The molecule has 0 unspecified atom stereocenters. The molecule has 4 N–H and O–H groups in total. The Bertz CT molecular complexity index is 540. The maximum Gasteiger partial charge on any atom is 0.319 e. The average molecular weight is 261 g/mol. The summed E-state index contributed by atoms with van der Waals surface area (Å²) < 4.78 is 0. The van der Waals surface area contributed by atoms with Gasteiger partial charge in [-0.2, -0.15) is 5.10 Å². The highest BCUT2D eigenvalue weighted by atomic mass is 16.3. The Morgan fingerprint density at radius 2 is 2.37 bits per heavy atom. The number of carbonyl (C=O) groups excluding carboxylic acids is 1. The van der Waals surface area contributed by atoms with Crippen molar-refractivity contribution in [3.63, 3.8) is 0 Å². The van der Waals surface area contributed by atoms with Crippen molar-refractivity contribution in [2.24, 2.45) is 0 Å². The Balaban J connectivity index is 2.10.